The standard InChI is InChI=1S/C24H24N4O5S/c1-3-21-22(17-8-12-19(13-9-17)34(2,31)32)27-28(24(30)33-21)15-16-6-10-18(11-7-16)26-23(29)20-5-4-14-25-20/h4-14,21,25H,3,15H2,1-2H3,(H,26,29). The molecular formula is C24H24N4O5S. The van der Waals surface area contributed by atoms with Gasteiger partial charge in [-0.3, -0.25) is 4.79 Å². The number of carbonyl (C=O) groups is 2. The lowest BCUT2D eigenvalue weighted by Gasteiger charge is -2.29. The number of sulfone groups is 1. The Balaban J connectivity index is 1.51. The van der Waals surface area contributed by atoms with Crippen molar-refractivity contribution in [2.24, 2.45) is 5.10 Å². The number of carbonyl (C=O) groups excluding carboxylic acids is 2. The molecule has 1 aromatic heterocycles. The fraction of sp³-hybridized carbons (Fsp3) is 0.208. The number of cyclic esters (lactones) is 1. The van der Waals surface area contributed by atoms with Crippen molar-refractivity contribution < 1.29 is 22.7 Å². The van der Waals surface area contributed by atoms with Crippen molar-refractivity contribution in [2.45, 2.75) is 30.9 Å². The third-order valence-corrected chi connectivity index (χ3v) is 6.45. The van der Waals surface area contributed by atoms with E-state index >= 15 is 0 Å². The lowest BCUT2D eigenvalue weighted by Crippen LogP contribution is -2.41. The van der Waals surface area contributed by atoms with E-state index in [0.29, 0.717) is 29.1 Å². The Labute approximate surface area is 197 Å². The maximum Gasteiger partial charge on any atom is 0.431 e. The number of benzene rings is 2. The summed E-state index contributed by atoms with van der Waals surface area (Å²) >= 11 is 0. The Hall–Kier alpha value is -3.92. The number of aromatic amines is 1. The molecule has 1 atom stereocenters. The Morgan fingerprint density at radius 1 is 1.12 bits per heavy atom. The number of aromatic nitrogens is 1. The molecule has 4 rings (SSSR count). The largest absolute Gasteiger partial charge is 0.438 e. The predicted molar refractivity (Wildman–Crippen MR) is 127 cm³/mol. The van der Waals surface area contributed by atoms with Crippen molar-refractivity contribution >= 4 is 33.2 Å². The number of rotatable bonds is 7. The number of hydrogen-bond acceptors (Lipinski definition) is 6. The summed E-state index contributed by atoms with van der Waals surface area (Å²) in [5, 5.41) is 8.56. The first-order valence-electron chi connectivity index (χ1n) is 10.7. The molecule has 2 aromatic carbocycles. The summed E-state index contributed by atoms with van der Waals surface area (Å²) in [5.41, 5.74) is 3.10. The number of nitrogens with zero attached hydrogens (tertiary/aromatic N) is 2. The van der Waals surface area contributed by atoms with Crippen molar-refractivity contribution in [3.63, 3.8) is 0 Å². The first-order valence-corrected chi connectivity index (χ1v) is 12.5. The van der Waals surface area contributed by atoms with E-state index in [1.54, 1.807) is 54.7 Å². The molecule has 1 aliphatic rings. The maximum absolute atomic E-state index is 12.5. The van der Waals surface area contributed by atoms with Gasteiger partial charge in [0.2, 0.25) is 0 Å². The molecule has 0 saturated heterocycles. The van der Waals surface area contributed by atoms with Crippen molar-refractivity contribution in [2.75, 3.05) is 11.6 Å². The van der Waals surface area contributed by atoms with Gasteiger partial charge in [0.1, 0.15) is 17.5 Å². The van der Waals surface area contributed by atoms with Crippen molar-refractivity contribution in [1.82, 2.24) is 9.99 Å². The zero-order valence-corrected chi connectivity index (χ0v) is 19.5. The molecule has 2 amide bonds. The molecule has 2 heterocycles. The zero-order valence-electron chi connectivity index (χ0n) is 18.7. The van der Waals surface area contributed by atoms with Gasteiger partial charge in [0.15, 0.2) is 9.84 Å². The highest BCUT2D eigenvalue weighted by Crippen LogP contribution is 2.22. The van der Waals surface area contributed by atoms with E-state index in [4.69, 9.17) is 4.74 Å². The quantitative estimate of drug-likeness (QED) is 0.533. The molecule has 176 valence electrons. The Bertz CT molecular complexity index is 1310. The topological polar surface area (TPSA) is 121 Å². The average Bonchev–Trinajstić information content (AvgIpc) is 3.36. The Morgan fingerprint density at radius 3 is 2.41 bits per heavy atom. The molecule has 0 fully saturated rings. The number of H-pyrrole nitrogens is 1. The van der Waals surface area contributed by atoms with E-state index in [1.807, 2.05) is 6.92 Å². The van der Waals surface area contributed by atoms with Gasteiger partial charge in [0, 0.05) is 23.7 Å². The number of amides is 2. The predicted octanol–water partition coefficient (Wildman–Crippen LogP) is 3.81. The van der Waals surface area contributed by atoms with E-state index in [9.17, 15) is 18.0 Å². The zero-order chi connectivity index (χ0) is 24.3. The van der Waals surface area contributed by atoms with Gasteiger partial charge in [0.25, 0.3) is 5.91 Å². The van der Waals surface area contributed by atoms with Gasteiger partial charge in [-0.25, -0.2) is 13.2 Å². The van der Waals surface area contributed by atoms with Gasteiger partial charge in [-0.1, -0.05) is 31.2 Å². The molecule has 0 saturated carbocycles. The van der Waals surface area contributed by atoms with Gasteiger partial charge in [0.05, 0.1) is 11.4 Å². The third kappa shape index (κ3) is 5.18. The van der Waals surface area contributed by atoms with Crippen LogP contribution in [0.1, 0.15) is 35.0 Å². The summed E-state index contributed by atoms with van der Waals surface area (Å²) < 4.78 is 29.1. The summed E-state index contributed by atoms with van der Waals surface area (Å²) in [7, 11) is -3.32. The molecule has 2 N–H and O–H groups in total. The molecule has 3 aromatic rings. The van der Waals surface area contributed by atoms with Crippen molar-refractivity contribution in [3.8, 4) is 0 Å². The first kappa shape index (κ1) is 23.2. The van der Waals surface area contributed by atoms with Crippen LogP contribution in [-0.2, 0) is 21.1 Å². The lowest BCUT2D eigenvalue weighted by atomic mass is 10.0. The second-order valence-corrected chi connectivity index (χ2v) is 9.87. The second-order valence-electron chi connectivity index (χ2n) is 7.85. The summed E-state index contributed by atoms with van der Waals surface area (Å²) in [6.45, 7) is 2.05. The fourth-order valence-corrected chi connectivity index (χ4v) is 4.13. The lowest BCUT2D eigenvalue weighted by molar-refractivity contribution is 0.0712. The summed E-state index contributed by atoms with van der Waals surface area (Å²) in [5.74, 6) is -0.251. The molecule has 1 aliphatic heterocycles. The maximum atomic E-state index is 12.5. The van der Waals surface area contributed by atoms with Crippen LogP contribution in [0.2, 0.25) is 0 Å². The minimum Gasteiger partial charge on any atom is -0.438 e. The molecule has 0 spiro atoms. The number of anilines is 1. The van der Waals surface area contributed by atoms with Crippen molar-refractivity contribution in [3.05, 3.63) is 83.7 Å². The van der Waals surface area contributed by atoms with Gasteiger partial charge in [-0.15, -0.1) is 0 Å². The molecule has 10 heteroatoms. The van der Waals surface area contributed by atoms with E-state index in [1.165, 1.54) is 17.1 Å². The van der Waals surface area contributed by atoms with Crippen LogP contribution < -0.4 is 5.32 Å². The van der Waals surface area contributed by atoms with Gasteiger partial charge >= 0.3 is 6.09 Å². The second kappa shape index (κ2) is 9.52. The molecule has 34 heavy (non-hydrogen) atoms. The highest BCUT2D eigenvalue weighted by Gasteiger charge is 2.30. The van der Waals surface area contributed by atoms with E-state index in [2.05, 4.69) is 15.4 Å². The van der Waals surface area contributed by atoms with Crippen LogP contribution >= 0.6 is 0 Å². The molecule has 0 aliphatic carbocycles. The van der Waals surface area contributed by atoms with Crippen LogP contribution in [0.15, 0.2) is 76.9 Å². The van der Waals surface area contributed by atoms with Crippen LogP contribution in [0.4, 0.5) is 10.5 Å². The molecular weight excluding hydrogens is 456 g/mol. The van der Waals surface area contributed by atoms with Crippen LogP contribution in [0.25, 0.3) is 0 Å². The highest BCUT2D eigenvalue weighted by atomic mass is 32.2. The van der Waals surface area contributed by atoms with E-state index in [-0.39, 0.29) is 17.3 Å². The minimum absolute atomic E-state index is 0.172. The summed E-state index contributed by atoms with van der Waals surface area (Å²) in [4.78, 5) is 27.7. The van der Waals surface area contributed by atoms with E-state index < -0.39 is 22.0 Å². The third-order valence-electron chi connectivity index (χ3n) is 5.32. The monoisotopic (exact) mass is 480 g/mol. The van der Waals surface area contributed by atoms with E-state index in [0.717, 1.165) is 11.8 Å². The average molecular weight is 481 g/mol. The first-order chi connectivity index (χ1) is 16.2. The smallest absolute Gasteiger partial charge is 0.431 e. The van der Waals surface area contributed by atoms with Crippen LogP contribution in [0, 0.1) is 0 Å². The summed E-state index contributed by atoms with van der Waals surface area (Å²) in [6, 6.07) is 16.9. The van der Waals surface area contributed by atoms with Gasteiger partial charge in [-0.05, 0) is 48.4 Å². The molecule has 0 radical (unpaired) electrons. The number of hydrogen-bond donors (Lipinski definition) is 2. The van der Waals surface area contributed by atoms with Crippen LogP contribution in [0.5, 0.6) is 0 Å². The minimum atomic E-state index is -3.32. The number of nitrogens with one attached hydrogen (secondary N) is 2. The molecule has 9 nitrogen and oxygen atoms in total. The molecule has 1 unspecified atom stereocenters. The van der Waals surface area contributed by atoms with Crippen molar-refractivity contribution in [1.29, 1.82) is 0 Å². The number of ether oxygens (including phenoxy) is 1. The summed E-state index contributed by atoms with van der Waals surface area (Å²) in [6.07, 6.45) is 2.26. The van der Waals surface area contributed by atoms with Gasteiger partial charge in [-0.2, -0.15) is 10.1 Å². The van der Waals surface area contributed by atoms with Crippen LogP contribution in [-0.4, -0.2) is 48.5 Å². The Morgan fingerprint density at radius 2 is 1.82 bits per heavy atom. The van der Waals surface area contributed by atoms with Gasteiger partial charge < -0.3 is 15.0 Å². The highest BCUT2D eigenvalue weighted by molar-refractivity contribution is 7.90. The SMILES string of the molecule is CCC1OC(=O)N(Cc2ccc(NC(=O)c3ccc[nH]3)cc2)N=C1c1ccc(S(C)(=O)=O)cc1. The van der Waals surface area contributed by atoms with Crippen LogP contribution in [0.3, 0.4) is 0 Å². The number of hydrazone groups is 1. The molecule has 0 bridgehead atoms. The fourth-order valence-electron chi connectivity index (χ4n) is 3.50. The normalized spacial score (nSPS) is 16.1. The Kier molecular flexibility index (Phi) is 6.51.